The van der Waals surface area contributed by atoms with Gasteiger partial charge in [-0.3, -0.25) is 4.79 Å². The highest BCUT2D eigenvalue weighted by Gasteiger charge is 2.24. The van der Waals surface area contributed by atoms with Gasteiger partial charge in [-0.25, -0.2) is 14.4 Å². The van der Waals surface area contributed by atoms with Gasteiger partial charge in [-0.05, 0) is 42.5 Å². The fourth-order valence-corrected chi connectivity index (χ4v) is 3.66. The zero-order chi connectivity index (χ0) is 21.1. The normalized spacial score (nSPS) is 14.0. The summed E-state index contributed by atoms with van der Waals surface area (Å²) in [7, 11) is 1.63. The summed E-state index contributed by atoms with van der Waals surface area (Å²) in [4.78, 5) is 25.3. The largest absolute Gasteiger partial charge is 0.497 e. The quantitative estimate of drug-likeness (QED) is 0.633. The molecule has 1 aliphatic rings. The number of carbonyl (C=O) groups is 1. The number of piperazine rings is 1. The molecule has 0 unspecified atom stereocenters. The molecule has 0 bridgehead atoms. The molecule has 2 aromatic carbocycles. The zero-order valence-electron chi connectivity index (χ0n) is 16.4. The fraction of sp³-hybridized carbons (Fsp3) is 0.227. The lowest BCUT2D eigenvalue weighted by atomic mass is 10.1. The van der Waals surface area contributed by atoms with Gasteiger partial charge in [0.05, 0.1) is 23.4 Å². The van der Waals surface area contributed by atoms with E-state index < -0.39 is 5.82 Å². The van der Waals surface area contributed by atoms with Gasteiger partial charge in [-0.2, -0.15) is 0 Å². The first-order chi connectivity index (χ1) is 14.5. The number of ether oxygens (including phenoxy) is 1. The maximum atomic E-state index is 13.3. The van der Waals surface area contributed by atoms with E-state index in [2.05, 4.69) is 14.9 Å². The standard InChI is InChI=1S/C22H20ClFN4O2/c1-30-17-5-2-15(3-6-17)20-13-21(26-14-25-20)27-8-10-28(11-9-27)22(29)18-7-4-16(24)12-19(18)23/h2-7,12-14H,8-11H2,1H3. The second kappa shape index (κ2) is 8.67. The van der Waals surface area contributed by atoms with E-state index in [1.807, 2.05) is 30.3 Å². The van der Waals surface area contributed by atoms with Crippen molar-refractivity contribution < 1.29 is 13.9 Å². The van der Waals surface area contributed by atoms with Crippen LogP contribution in [0.2, 0.25) is 5.02 Å². The Labute approximate surface area is 178 Å². The fourth-order valence-electron chi connectivity index (χ4n) is 3.41. The van der Waals surface area contributed by atoms with Gasteiger partial charge in [-0.1, -0.05) is 11.6 Å². The molecule has 1 saturated heterocycles. The minimum Gasteiger partial charge on any atom is -0.497 e. The van der Waals surface area contributed by atoms with Gasteiger partial charge in [0.2, 0.25) is 0 Å². The molecule has 0 atom stereocenters. The molecule has 0 spiro atoms. The van der Waals surface area contributed by atoms with Gasteiger partial charge >= 0.3 is 0 Å². The molecular formula is C22H20ClFN4O2. The lowest BCUT2D eigenvalue weighted by Gasteiger charge is -2.35. The number of methoxy groups -OCH3 is 1. The van der Waals surface area contributed by atoms with Crippen molar-refractivity contribution in [3.63, 3.8) is 0 Å². The van der Waals surface area contributed by atoms with Crippen molar-refractivity contribution in [2.75, 3.05) is 38.2 Å². The second-order valence-electron chi connectivity index (χ2n) is 6.89. The Morgan fingerprint density at radius 3 is 2.43 bits per heavy atom. The van der Waals surface area contributed by atoms with Crippen molar-refractivity contribution >= 4 is 23.3 Å². The average molecular weight is 427 g/mol. The monoisotopic (exact) mass is 426 g/mol. The number of nitrogens with zero attached hydrogens (tertiary/aromatic N) is 4. The summed E-state index contributed by atoms with van der Waals surface area (Å²) in [5, 5.41) is 0.127. The van der Waals surface area contributed by atoms with Gasteiger partial charge in [-0.15, -0.1) is 0 Å². The molecule has 1 aliphatic heterocycles. The molecule has 1 fully saturated rings. The summed E-state index contributed by atoms with van der Waals surface area (Å²) >= 11 is 6.04. The highest BCUT2D eigenvalue weighted by atomic mass is 35.5. The molecule has 154 valence electrons. The molecule has 8 heteroatoms. The lowest BCUT2D eigenvalue weighted by molar-refractivity contribution is 0.0746. The number of hydrogen-bond acceptors (Lipinski definition) is 5. The first-order valence-corrected chi connectivity index (χ1v) is 9.88. The number of rotatable bonds is 4. The second-order valence-corrected chi connectivity index (χ2v) is 7.30. The van der Waals surface area contributed by atoms with E-state index in [0.717, 1.165) is 28.9 Å². The minimum absolute atomic E-state index is 0.127. The van der Waals surface area contributed by atoms with E-state index >= 15 is 0 Å². The van der Waals surface area contributed by atoms with E-state index in [4.69, 9.17) is 16.3 Å². The molecule has 4 rings (SSSR count). The summed E-state index contributed by atoms with van der Waals surface area (Å²) in [6.45, 7) is 2.30. The predicted octanol–water partition coefficient (Wildman–Crippen LogP) is 3.91. The van der Waals surface area contributed by atoms with Crippen LogP contribution < -0.4 is 9.64 Å². The van der Waals surface area contributed by atoms with E-state index in [1.165, 1.54) is 12.1 Å². The summed E-state index contributed by atoms with van der Waals surface area (Å²) in [6.07, 6.45) is 1.55. The van der Waals surface area contributed by atoms with Crippen LogP contribution in [-0.4, -0.2) is 54.1 Å². The van der Waals surface area contributed by atoms with Crippen molar-refractivity contribution in [3.8, 4) is 17.0 Å². The van der Waals surface area contributed by atoms with Crippen molar-refractivity contribution in [1.82, 2.24) is 14.9 Å². The maximum Gasteiger partial charge on any atom is 0.255 e. The number of hydrogen-bond donors (Lipinski definition) is 0. The molecule has 2 heterocycles. The average Bonchev–Trinajstić information content (AvgIpc) is 2.79. The minimum atomic E-state index is -0.460. The number of aromatic nitrogens is 2. The molecule has 1 aromatic heterocycles. The Hall–Kier alpha value is -3.19. The number of halogens is 2. The number of amides is 1. The zero-order valence-corrected chi connectivity index (χ0v) is 17.1. The van der Waals surface area contributed by atoms with Crippen LogP contribution in [0.15, 0.2) is 54.9 Å². The smallest absolute Gasteiger partial charge is 0.255 e. The first-order valence-electron chi connectivity index (χ1n) is 9.51. The van der Waals surface area contributed by atoms with E-state index in [1.54, 1.807) is 18.3 Å². The summed E-state index contributed by atoms with van der Waals surface area (Å²) in [6, 6.07) is 13.5. The number of carbonyl (C=O) groups excluding carboxylic acids is 1. The highest BCUT2D eigenvalue weighted by Crippen LogP contribution is 2.25. The van der Waals surface area contributed by atoms with Crippen LogP contribution in [0.3, 0.4) is 0 Å². The SMILES string of the molecule is COc1ccc(-c2cc(N3CCN(C(=O)c4ccc(F)cc4Cl)CC3)ncn2)cc1. The summed E-state index contributed by atoms with van der Waals surface area (Å²) in [5.74, 6) is 0.942. The molecule has 1 amide bonds. The van der Waals surface area contributed by atoms with Gasteiger partial charge in [0.1, 0.15) is 23.7 Å². The van der Waals surface area contributed by atoms with Crippen LogP contribution in [0.5, 0.6) is 5.75 Å². The number of benzene rings is 2. The molecule has 0 aliphatic carbocycles. The van der Waals surface area contributed by atoms with Crippen molar-refractivity contribution in [2.45, 2.75) is 0 Å². The Morgan fingerprint density at radius 1 is 1.03 bits per heavy atom. The van der Waals surface area contributed by atoms with Crippen LogP contribution >= 0.6 is 11.6 Å². The number of anilines is 1. The van der Waals surface area contributed by atoms with Gasteiger partial charge in [0, 0.05) is 37.8 Å². The maximum absolute atomic E-state index is 13.3. The van der Waals surface area contributed by atoms with E-state index in [-0.39, 0.29) is 10.9 Å². The van der Waals surface area contributed by atoms with Gasteiger partial charge in [0.15, 0.2) is 0 Å². The third kappa shape index (κ3) is 4.21. The molecule has 3 aromatic rings. The van der Waals surface area contributed by atoms with Crippen LogP contribution in [0, 0.1) is 5.82 Å². The summed E-state index contributed by atoms with van der Waals surface area (Å²) < 4.78 is 18.4. The Balaban J connectivity index is 1.44. The van der Waals surface area contributed by atoms with E-state index in [9.17, 15) is 9.18 Å². The van der Waals surface area contributed by atoms with Crippen LogP contribution in [0.1, 0.15) is 10.4 Å². The molecule has 6 nitrogen and oxygen atoms in total. The van der Waals surface area contributed by atoms with Gasteiger partial charge < -0.3 is 14.5 Å². The molecular weight excluding hydrogens is 407 g/mol. The van der Waals surface area contributed by atoms with Crippen molar-refractivity contribution in [3.05, 3.63) is 71.3 Å². The van der Waals surface area contributed by atoms with Crippen LogP contribution in [-0.2, 0) is 0 Å². The third-order valence-corrected chi connectivity index (χ3v) is 5.40. The molecule has 0 radical (unpaired) electrons. The Kier molecular flexibility index (Phi) is 5.81. The van der Waals surface area contributed by atoms with Crippen LogP contribution in [0.4, 0.5) is 10.2 Å². The predicted molar refractivity (Wildman–Crippen MR) is 114 cm³/mol. The van der Waals surface area contributed by atoms with E-state index in [0.29, 0.717) is 31.7 Å². The van der Waals surface area contributed by atoms with Crippen molar-refractivity contribution in [2.24, 2.45) is 0 Å². The van der Waals surface area contributed by atoms with Crippen LogP contribution in [0.25, 0.3) is 11.3 Å². The molecule has 0 N–H and O–H groups in total. The lowest BCUT2D eigenvalue weighted by Crippen LogP contribution is -2.49. The molecule has 30 heavy (non-hydrogen) atoms. The van der Waals surface area contributed by atoms with Gasteiger partial charge in [0.25, 0.3) is 5.91 Å². The van der Waals surface area contributed by atoms with Crippen molar-refractivity contribution in [1.29, 1.82) is 0 Å². The Bertz CT molecular complexity index is 1050. The summed E-state index contributed by atoms with van der Waals surface area (Å²) in [5.41, 5.74) is 2.11. The Morgan fingerprint density at radius 2 is 1.77 bits per heavy atom. The topological polar surface area (TPSA) is 58.6 Å². The third-order valence-electron chi connectivity index (χ3n) is 5.09. The highest BCUT2D eigenvalue weighted by molar-refractivity contribution is 6.33. The first kappa shape index (κ1) is 20.1. The molecule has 0 saturated carbocycles.